The fourth-order valence-electron chi connectivity index (χ4n) is 4.94. The van der Waals surface area contributed by atoms with Gasteiger partial charge in [-0.3, -0.25) is 19.4 Å². The lowest BCUT2D eigenvalue weighted by Crippen LogP contribution is -2.37. The Bertz CT molecular complexity index is 1440. The zero-order valence-corrected chi connectivity index (χ0v) is 23.8. The van der Waals surface area contributed by atoms with Gasteiger partial charge in [0.15, 0.2) is 5.43 Å². The third-order valence-corrected chi connectivity index (χ3v) is 6.94. The van der Waals surface area contributed by atoms with E-state index in [4.69, 9.17) is 4.74 Å². The standard InChI is InChI=1S/C32H35F3N2O4.H2/c1-19(2)12-23(13-22-10-7-11-26(15-28(22)38)32(33,34)35)31(40)37-27(16-29(39)41-5)24-14-25(18-36-17-24)30-20(3)8-6-9-21(30)4;/h6-11,14-15,17-19,23,27H,12-13,16H2,1-5H3,(H,37,40);1H/t23-,27-;/m0./s1. The van der Waals surface area contributed by atoms with Gasteiger partial charge in [0.2, 0.25) is 5.91 Å². The molecule has 1 heterocycles. The average molecular weight is 571 g/mol. The van der Waals surface area contributed by atoms with Gasteiger partial charge in [0.05, 0.1) is 25.1 Å². The first-order valence-corrected chi connectivity index (χ1v) is 13.4. The summed E-state index contributed by atoms with van der Waals surface area (Å²) in [5.41, 5.74) is 2.78. The molecule has 3 aromatic rings. The second-order valence-electron chi connectivity index (χ2n) is 10.7. The van der Waals surface area contributed by atoms with E-state index in [-0.39, 0.29) is 25.7 Å². The van der Waals surface area contributed by atoms with E-state index in [2.05, 4.69) is 10.3 Å². The van der Waals surface area contributed by atoms with Crippen molar-refractivity contribution in [3.05, 3.63) is 99.0 Å². The lowest BCUT2D eigenvalue weighted by molar-refractivity contribution is -0.141. The number of nitrogens with one attached hydrogen (secondary N) is 1. The second kappa shape index (κ2) is 13.6. The molecule has 220 valence electrons. The molecule has 1 aromatic heterocycles. The van der Waals surface area contributed by atoms with Crippen molar-refractivity contribution in [2.45, 2.75) is 59.2 Å². The molecule has 0 aliphatic rings. The number of rotatable bonds is 10. The zero-order chi connectivity index (χ0) is 30.3. The summed E-state index contributed by atoms with van der Waals surface area (Å²) in [7, 11) is 1.26. The number of esters is 1. The smallest absolute Gasteiger partial charge is 0.416 e. The Balaban J connectivity index is 0.00000616. The van der Waals surface area contributed by atoms with Gasteiger partial charge in [-0.25, -0.2) is 0 Å². The van der Waals surface area contributed by atoms with Crippen molar-refractivity contribution in [2.75, 3.05) is 7.11 Å². The monoisotopic (exact) mass is 570 g/mol. The topological polar surface area (TPSA) is 85.4 Å². The lowest BCUT2D eigenvalue weighted by Gasteiger charge is -2.24. The number of halogens is 3. The molecule has 0 fully saturated rings. The molecular formula is C32H37F3N2O4. The number of ether oxygens (including phenoxy) is 1. The Morgan fingerprint density at radius 3 is 2.29 bits per heavy atom. The van der Waals surface area contributed by atoms with Crippen LogP contribution in [0.4, 0.5) is 13.2 Å². The van der Waals surface area contributed by atoms with Gasteiger partial charge >= 0.3 is 12.1 Å². The molecule has 41 heavy (non-hydrogen) atoms. The SMILES string of the molecule is COC(=O)C[C@H](NC(=O)[C@H](Cc1cccc(C(F)(F)F)cc1=O)CC(C)C)c1cncc(-c2c(C)cccc2C)c1.[HH]. The van der Waals surface area contributed by atoms with Crippen molar-refractivity contribution in [1.82, 2.24) is 10.3 Å². The number of carbonyl (C=O) groups is 2. The van der Waals surface area contributed by atoms with Gasteiger partial charge in [0.25, 0.3) is 0 Å². The first-order chi connectivity index (χ1) is 19.3. The van der Waals surface area contributed by atoms with Crippen LogP contribution in [-0.4, -0.2) is 24.0 Å². The van der Waals surface area contributed by atoms with Crippen LogP contribution in [0.3, 0.4) is 0 Å². The van der Waals surface area contributed by atoms with Gasteiger partial charge in [-0.15, -0.1) is 0 Å². The van der Waals surface area contributed by atoms with Crippen molar-refractivity contribution in [2.24, 2.45) is 11.8 Å². The van der Waals surface area contributed by atoms with E-state index in [0.717, 1.165) is 28.3 Å². The van der Waals surface area contributed by atoms with Crippen LogP contribution in [0.1, 0.15) is 62.0 Å². The van der Waals surface area contributed by atoms with Crippen LogP contribution in [0.5, 0.6) is 0 Å². The van der Waals surface area contributed by atoms with E-state index in [1.54, 1.807) is 12.4 Å². The molecule has 0 bridgehead atoms. The molecule has 6 nitrogen and oxygen atoms in total. The van der Waals surface area contributed by atoms with Crippen LogP contribution in [-0.2, 0) is 26.9 Å². The zero-order valence-electron chi connectivity index (χ0n) is 23.8. The number of amides is 1. The Morgan fingerprint density at radius 2 is 1.68 bits per heavy atom. The molecule has 9 heteroatoms. The van der Waals surface area contributed by atoms with Crippen molar-refractivity contribution in [3.63, 3.8) is 0 Å². The highest BCUT2D eigenvalue weighted by atomic mass is 19.4. The molecule has 0 aliphatic heterocycles. The van der Waals surface area contributed by atoms with Gasteiger partial charge in [-0.2, -0.15) is 13.2 Å². The molecule has 0 saturated heterocycles. The van der Waals surface area contributed by atoms with Gasteiger partial charge in [-0.1, -0.05) is 44.2 Å². The molecule has 0 radical (unpaired) electrons. The fourth-order valence-corrected chi connectivity index (χ4v) is 4.94. The predicted molar refractivity (Wildman–Crippen MR) is 153 cm³/mol. The number of aromatic nitrogens is 1. The van der Waals surface area contributed by atoms with Crippen molar-refractivity contribution >= 4 is 11.9 Å². The summed E-state index contributed by atoms with van der Waals surface area (Å²) in [6, 6.07) is 10.9. The third kappa shape index (κ3) is 8.49. The highest BCUT2D eigenvalue weighted by Crippen LogP contribution is 2.30. The summed E-state index contributed by atoms with van der Waals surface area (Å²) in [6.07, 6.45) is -1.20. The fraction of sp³-hybridized carbons (Fsp3) is 0.375. The van der Waals surface area contributed by atoms with E-state index < -0.39 is 41.0 Å². The average Bonchev–Trinajstić information content (AvgIpc) is 3.08. The van der Waals surface area contributed by atoms with Crippen LogP contribution in [0.2, 0.25) is 0 Å². The molecule has 1 N–H and O–H groups in total. The van der Waals surface area contributed by atoms with Gasteiger partial charge < -0.3 is 10.1 Å². The summed E-state index contributed by atoms with van der Waals surface area (Å²) in [5, 5.41) is 2.93. The quantitative estimate of drug-likeness (QED) is 0.277. The molecule has 3 rings (SSSR count). The normalized spacial score (nSPS) is 13.0. The highest BCUT2D eigenvalue weighted by Gasteiger charge is 2.31. The Morgan fingerprint density at radius 1 is 1.02 bits per heavy atom. The number of nitrogens with zero attached hydrogens (tertiary/aromatic N) is 1. The minimum atomic E-state index is -4.66. The van der Waals surface area contributed by atoms with Crippen LogP contribution >= 0.6 is 0 Å². The van der Waals surface area contributed by atoms with Crippen molar-refractivity contribution in [3.8, 4) is 11.1 Å². The van der Waals surface area contributed by atoms with Crippen molar-refractivity contribution < 1.29 is 28.9 Å². The van der Waals surface area contributed by atoms with Gasteiger partial charge in [-0.05, 0) is 73.1 Å². The molecular weight excluding hydrogens is 533 g/mol. The third-order valence-electron chi connectivity index (χ3n) is 6.94. The van der Waals surface area contributed by atoms with E-state index in [9.17, 15) is 27.6 Å². The minimum Gasteiger partial charge on any atom is -0.469 e. The van der Waals surface area contributed by atoms with Crippen LogP contribution < -0.4 is 10.7 Å². The summed E-state index contributed by atoms with van der Waals surface area (Å²) < 4.78 is 44.5. The Kier molecular flexibility index (Phi) is 10.4. The van der Waals surface area contributed by atoms with E-state index in [0.29, 0.717) is 18.1 Å². The maximum absolute atomic E-state index is 13.6. The van der Waals surface area contributed by atoms with Crippen LogP contribution in [0.15, 0.2) is 65.7 Å². The molecule has 2 aromatic carbocycles. The molecule has 1 amide bonds. The summed E-state index contributed by atoms with van der Waals surface area (Å²) >= 11 is 0. The summed E-state index contributed by atoms with van der Waals surface area (Å²) in [5.74, 6) is -1.64. The minimum absolute atomic E-state index is 0. The second-order valence-corrected chi connectivity index (χ2v) is 10.7. The van der Waals surface area contributed by atoms with Crippen molar-refractivity contribution in [1.29, 1.82) is 0 Å². The van der Waals surface area contributed by atoms with E-state index in [1.807, 2.05) is 52.0 Å². The lowest BCUT2D eigenvalue weighted by atomic mass is 9.89. The van der Waals surface area contributed by atoms with E-state index >= 15 is 0 Å². The number of methoxy groups -OCH3 is 1. The Hall–Kier alpha value is -4.01. The molecule has 2 atom stereocenters. The van der Waals surface area contributed by atoms with Gasteiger partial charge in [0, 0.05) is 30.9 Å². The number of hydrogen-bond acceptors (Lipinski definition) is 5. The van der Waals surface area contributed by atoms with Crippen LogP contribution in [0.25, 0.3) is 11.1 Å². The molecule has 0 saturated carbocycles. The number of carbonyl (C=O) groups excluding carboxylic acids is 2. The number of hydrogen-bond donors (Lipinski definition) is 1. The first kappa shape index (κ1) is 31.5. The Labute approximate surface area is 239 Å². The maximum atomic E-state index is 13.6. The highest BCUT2D eigenvalue weighted by molar-refractivity contribution is 5.81. The summed E-state index contributed by atoms with van der Waals surface area (Å²) in [4.78, 5) is 43.1. The van der Waals surface area contributed by atoms with E-state index in [1.165, 1.54) is 19.2 Å². The maximum Gasteiger partial charge on any atom is 0.416 e. The first-order valence-electron chi connectivity index (χ1n) is 13.4. The number of aryl methyl sites for hydroxylation is 2. The largest absolute Gasteiger partial charge is 0.469 e. The molecule has 0 aliphatic carbocycles. The number of alkyl halides is 3. The van der Waals surface area contributed by atoms with Gasteiger partial charge in [0.1, 0.15) is 0 Å². The molecule has 0 unspecified atom stereocenters. The van der Waals surface area contributed by atoms with Crippen LogP contribution in [0, 0.1) is 25.7 Å². The number of benzene rings is 1. The predicted octanol–water partition coefficient (Wildman–Crippen LogP) is 6.62. The summed E-state index contributed by atoms with van der Waals surface area (Å²) in [6.45, 7) is 7.81. The number of pyridine rings is 1. The molecule has 0 spiro atoms.